The summed E-state index contributed by atoms with van der Waals surface area (Å²) in [4.78, 5) is 0. The summed E-state index contributed by atoms with van der Waals surface area (Å²) in [5.74, 6) is 6.22. The van der Waals surface area contributed by atoms with Gasteiger partial charge in [-0.05, 0) is 93.0 Å². The molecule has 0 aliphatic carbocycles. The van der Waals surface area contributed by atoms with Crippen molar-refractivity contribution in [2.75, 3.05) is 5.90 Å². The summed E-state index contributed by atoms with van der Waals surface area (Å²) in [7, 11) is -1.69. The van der Waals surface area contributed by atoms with E-state index >= 15 is 0 Å². The van der Waals surface area contributed by atoms with E-state index in [2.05, 4.69) is 194 Å². The van der Waals surface area contributed by atoms with E-state index in [9.17, 15) is 0 Å². The fourth-order valence-electron chi connectivity index (χ4n) is 7.63. The van der Waals surface area contributed by atoms with Crippen LogP contribution in [0.1, 0.15) is 11.1 Å². The molecule has 61 heavy (non-hydrogen) atoms. The van der Waals surface area contributed by atoms with Gasteiger partial charge in [0.25, 0.3) is 0 Å². The van der Waals surface area contributed by atoms with Crippen LogP contribution in [0.15, 0.2) is 231 Å². The Morgan fingerprint density at radius 3 is 0.852 bits per heavy atom. The van der Waals surface area contributed by atoms with E-state index in [0.717, 1.165) is 32.7 Å². The second kappa shape index (κ2) is 22.5. The molecule has 0 N–H and O–H groups in total. The summed E-state index contributed by atoms with van der Waals surface area (Å²) in [5, 5.41) is 15.4. The second-order valence-corrected chi connectivity index (χ2v) is 19.9. The topological polar surface area (TPSA) is 0 Å². The largest absolute Gasteiger partial charge is 1.00 e. The fraction of sp³-hybridized carbons (Fsp3) is 0.0175. The molecule has 0 aliphatic rings. The molecule has 4 heteroatoms. The van der Waals surface area contributed by atoms with Crippen LogP contribution in [0.3, 0.4) is 0 Å². The smallest absolute Gasteiger partial charge is 0.366 e. The van der Waals surface area contributed by atoms with E-state index in [1.54, 1.807) is 0 Å². The van der Waals surface area contributed by atoms with Crippen LogP contribution in [-0.2, 0) is 44.8 Å². The Morgan fingerprint density at radius 2 is 0.557 bits per heavy atom. The standard InChI is InChI=1S/C25H22P2.2C16H9.2Au/c1-5-13-22(14-6-1)26(23-15-7-2-8-16-23)21-27(24-17-9-3-10-18-24)25-19-11-4-12-20-25;2*1-2-12-8-5-9-15-10-13-6-3-4-7-14(13)11-16(12)15;;/h1-20H,21H2;2*3-11H;;/q;2*-1;2*+1/p+2. The molecule has 0 radical (unpaired) electrons. The molecule has 0 atom stereocenters. The third-order valence-electron chi connectivity index (χ3n) is 10.6. The van der Waals surface area contributed by atoms with Gasteiger partial charge >= 0.3 is 44.8 Å². The molecule has 300 valence electrons. The van der Waals surface area contributed by atoms with Crippen LogP contribution in [0, 0.1) is 24.7 Å². The molecular weight excluding hydrogens is 1140 g/mol. The molecule has 0 saturated carbocycles. The van der Waals surface area contributed by atoms with E-state index in [0.29, 0.717) is 0 Å². The number of hydrogen-bond donors (Lipinski definition) is 0. The molecule has 0 nitrogen and oxygen atoms in total. The third-order valence-corrected chi connectivity index (χ3v) is 17.6. The normalized spacial score (nSPS) is 10.4. The molecule has 0 bridgehead atoms. The molecule has 0 spiro atoms. The van der Waals surface area contributed by atoms with Crippen LogP contribution in [0.2, 0.25) is 0 Å². The molecule has 10 rings (SSSR count). The monoisotopic (exact) mass is 1180 g/mol. The summed E-state index contributed by atoms with van der Waals surface area (Å²) in [6.07, 6.45) is 14.6. The SMILES string of the molecule is [Au+].[Au+].[C-]#Cc1cccc2cc3ccccc3cc12.[C-]#Cc1cccc2cc3ccccc3cc12.c1ccc([PH+](C[PH+](c2ccccc2)c2ccccc2)c2ccccc2)cc1. The number of benzene rings is 10. The minimum absolute atomic E-state index is 0. The zero-order valence-electron chi connectivity index (χ0n) is 33.2. The Morgan fingerprint density at radius 1 is 0.295 bits per heavy atom. The molecule has 0 aromatic heterocycles. The Balaban J connectivity index is 0.000000159. The summed E-state index contributed by atoms with van der Waals surface area (Å²) in [5.41, 5.74) is 1.70. The van der Waals surface area contributed by atoms with Crippen LogP contribution in [0.5, 0.6) is 0 Å². The maximum Gasteiger partial charge on any atom is 1.00 e. The molecule has 0 saturated heterocycles. The number of rotatable bonds is 6. The summed E-state index contributed by atoms with van der Waals surface area (Å²) in [6.45, 7) is 0. The van der Waals surface area contributed by atoms with Gasteiger partial charge in [-0.1, -0.05) is 168 Å². The number of fused-ring (bicyclic) bond motifs is 4. The van der Waals surface area contributed by atoms with Gasteiger partial charge in [0.1, 0.15) is 37.1 Å². The van der Waals surface area contributed by atoms with Gasteiger partial charge in [0, 0.05) is 0 Å². The van der Waals surface area contributed by atoms with E-state index in [-0.39, 0.29) is 44.8 Å². The van der Waals surface area contributed by atoms with Crippen LogP contribution >= 0.6 is 15.8 Å². The molecule has 0 amide bonds. The predicted molar refractivity (Wildman–Crippen MR) is 261 cm³/mol. The van der Waals surface area contributed by atoms with E-state index in [1.807, 2.05) is 48.5 Å². The first kappa shape index (κ1) is 45.2. The molecule has 0 unspecified atom stereocenters. The van der Waals surface area contributed by atoms with Gasteiger partial charge in [0.2, 0.25) is 0 Å². The van der Waals surface area contributed by atoms with Gasteiger partial charge in [-0.3, -0.25) is 11.8 Å². The molecule has 0 aliphatic heterocycles. The Bertz CT molecular complexity index is 2760. The average Bonchev–Trinajstić information content (AvgIpc) is 3.31. The predicted octanol–water partition coefficient (Wildman–Crippen LogP) is 12.5. The summed E-state index contributed by atoms with van der Waals surface area (Å²) in [6, 6.07) is 81.5. The molecular formula is C57H42Au2P2+2. The molecule has 0 fully saturated rings. The Kier molecular flexibility index (Phi) is 16.7. The Hall–Kier alpha value is -5.30. The summed E-state index contributed by atoms with van der Waals surface area (Å²) < 4.78 is 0. The average molecular weight is 1180 g/mol. The third kappa shape index (κ3) is 11.2. The Labute approximate surface area is 394 Å². The first-order valence-electron chi connectivity index (χ1n) is 19.8. The van der Waals surface area contributed by atoms with Crippen molar-refractivity contribution in [1.29, 1.82) is 0 Å². The van der Waals surface area contributed by atoms with E-state index in [4.69, 9.17) is 12.8 Å². The van der Waals surface area contributed by atoms with Gasteiger partial charge < -0.3 is 12.8 Å². The van der Waals surface area contributed by atoms with Crippen LogP contribution in [-0.4, -0.2) is 5.90 Å². The molecule has 10 aromatic rings. The van der Waals surface area contributed by atoms with Crippen molar-refractivity contribution >= 4 is 80.2 Å². The first-order valence-corrected chi connectivity index (χ1v) is 23.2. The number of hydrogen-bond acceptors (Lipinski definition) is 0. The maximum atomic E-state index is 7.28. The van der Waals surface area contributed by atoms with Gasteiger partial charge in [-0.2, -0.15) is 0 Å². The quantitative estimate of drug-likeness (QED) is 0.0512. The van der Waals surface area contributed by atoms with E-state index in [1.165, 1.54) is 48.7 Å². The van der Waals surface area contributed by atoms with Crippen molar-refractivity contribution in [3.63, 3.8) is 0 Å². The minimum Gasteiger partial charge on any atom is -0.366 e. The van der Waals surface area contributed by atoms with Crippen molar-refractivity contribution in [3.05, 3.63) is 254 Å². The van der Waals surface area contributed by atoms with Gasteiger partial charge in [-0.15, -0.1) is 23.3 Å². The van der Waals surface area contributed by atoms with Crippen LogP contribution in [0.4, 0.5) is 0 Å². The zero-order chi connectivity index (χ0) is 40.2. The van der Waals surface area contributed by atoms with Crippen molar-refractivity contribution in [2.45, 2.75) is 0 Å². The van der Waals surface area contributed by atoms with Crippen molar-refractivity contribution in [3.8, 4) is 11.8 Å². The van der Waals surface area contributed by atoms with Crippen LogP contribution < -0.4 is 21.2 Å². The fourth-order valence-corrected chi connectivity index (χ4v) is 15.4. The van der Waals surface area contributed by atoms with Gasteiger partial charge in [0.15, 0.2) is 5.90 Å². The molecule has 0 heterocycles. The summed E-state index contributed by atoms with van der Waals surface area (Å²) >= 11 is 0. The zero-order valence-corrected chi connectivity index (χ0v) is 39.6. The molecule has 10 aromatic carbocycles. The van der Waals surface area contributed by atoms with Crippen LogP contribution in [0.25, 0.3) is 43.1 Å². The van der Waals surface area contributed by atoms with Gasteiger partial charge in [0.05, 0.1) is 0 Å². The van der Waals surface area contributed by atoms with Gasteiger partial charge in [-0.25, -0.2) is 0 Å². The first-order chi connectivity index (χ1) is 29.2. The maximum absolute atomic E-state index is 7.28. The van der Waals surface area contributed by atoms with Crippen molar-refractivity contribution in [2.24, 2.45) is 0 Å². The van der Waals surface area contributed by atoms with Crippen molar-refractivity contribution in [1.82, 2.24) is 0 Å². The minimum atomic E-state index is -0.847. The van der Waals surface area contributed by atoms with Crippen molar-refractivity contribution < 1.29 is 44.8 Å². The second-order valence-electron chi connectivity index (χ2n) is 14.3. The van der Waals surface area contributed by atoms with E-state index < -0.39 is 15.8 Å².